The molecule has 6 nitrogen and oxygen atoms in total. The minimum Gasteiger partial charge on any atom is -0.319 e. The van der Waals surface area contributed by atoms with Crippen molar-refractivity contribution in [1.29, 1.82) is 0 Å². The molecule has 8 heteroatoms. The van der Waals surface area contributed by atoms with Crippen molar-refractivity contribution in [2.45, 2.75) is 20.4 Å². The Balaban J connectivity index is 1.52. The van der Waals surface area contributed by atoms with E-state index in [9.17, 15) is 9.18 Å². The molecule has 35 heavy (non-hydrogen) atoms. The normalized spacial score (nSPS) is 11.1. The molecule has 0 atom stereocenters. The van der Waals surface area contributed by atoms with Gasteiger partial charge in [-0.05, 0) is 55.8 Å². The summed E-state index contributed by atoms with van der Waals surface area (Å²) in [7, 11) is 0. The average molecular weight is 486 g/mol. The summed E-state index contributed by atoms with van der Waals surface area (Å²) in [6.45, 7) is 4.19. The zero-order valence-electron chi connectivity index (χ0n) is 19.1. The lowest BCUT2D eigenvalue weighted by molar-refractivity contribution is 0.102. The lowest BCUT2D eigenvalue weighted by Crippen LogP contribution is -2.14. The van der Waals surface area contributed by atoms with Gasteiger partial charge < -0.3 is 5.32 Å². The van der Waals surface area contributed by atoms with Crippen LogP contribution in [-0.4, -0.2) is 25.7 Å². The monoisotopic (exact) mass is 485 g/mol. The Morgan fingerprint density at radius 1 is 1.09 bits per heavy atom. The minimum absolute atomic E-state index is 0.287. The van der Waals surface area contributed by atoms with Gasteiger partial charge in [0.1, 0.15) is 5.82 Å². The van der Waals surface area contributed by atoms with Crippen LogP contribution in [0.25, 0.3) is 22.2 Å². The Morgan fingerprint density at radius 3 is 2.63 bits per heavy atom. The van der Waals surface area contributed by atoms with Gasteiger partial charge in [-0.25, -0.2) is 9.37 Å². The molecule has 0 fully saturated rings. The lowest BCUT2D eigenvalue weighted by Gasteiger charge is -2.12. The molecule has 0 aliphatic heterocycles. The fourth-order valence-corrected chi connectivity index (χ4v) is 4.26. The maximum absolute atomic E-state index is 13.6. The zero-order valence-corrected chi connectivity index (χ0v) is 19.8. The second kappa shape index (κ2) is 9.27. The number of pyridine rings is 2. The summed E-state index contributed by atoms with van der Waals surface area (Å²) in [5.74, 6) is -0.581. The Morgan fingerprint density at radius 2 is 1.89 bits per heavy atom. The van der Waals surface area contributed by atoms with E-state index in [-0.39, 0.29) is 11.7 Å². The van der Waals surface area contributed by atoms with Gasteiger partial charge in [-0.1, -0.05) is 35.9 Å². The molecule has 0 spiro atoms. The number of hydrogen-bond donors (Lipinski definition) is 1. The van der Waals surface area contributed by atoms with Crippen LogP contribution in [0.5, 0.6) is 0 Å². The maximum atomic E-state index is 13.6. The molecule has 3 aromatic heterocycles. The van der Waals surface area contributed by atoms with E-state index in [1.165, 1.54) is 12.1 Å². The number of para-hydroxylation sites is 1. The molecule has 0 aliphatic rings. The van der Waals surface area contributed by atoms with Gasteiger partial charge in [-0.2, -0.15) is 5.10 Å². The molecule has 5 aromatic rings. The number of carbonyl (C=O) groups is 1. The van der Waals surface area contributed by atoms with Crippen LogP contribution in [0.4, 0.5) is 10.1 Å². The smallest absolute Gasteiger partial charge is 0.256 e. The van der Waals surface area contributed by atoms with Crippen LogP contribution in [0.1, 0.15) is 27.3 Å². The van der Waals surface area contributed by atoms with Gasteiger partial charge in [0.25, 0.3) is 5.91 Å². The molecule has 0 unspecified atom stereocenters. The number of nitrogens with one attached hydrogen (secondary N) is 1. The van der Waals surface area contributed by atoms with Crippen molar-refractivity contribution in [1.82, 2.24) is 19.7 Å². The molecule has 3 heterocycles. The van der Waals surface area contributed by atoms with Gasteiger partial charge in [-0.3, -0.25) is 14.5 Å². The van der Waals surface area contributed by atoms with Crippen molar-refractivity contribution in [2.24, 2.45) is 0 Å². The number of carbonyl (C=O) groups excluding carboxylic acids is 1. The van der Waals surface area contributed by atoms with Gasteiger partial charge in [-0.15, -0.1) is 0 Å². The second-order valence-electron chi connectivity index (χ2n) is 8.22. The van der Waals surface area contributed by atoms with E-state index in [0.717, 1.165) is 16.8 Å². The molecular weight excluding hydrogens is 465 g/mol. The molecule has 0 saturated carbocycles. The van der Waals surface area contributed by atoms with Crippen molar-refractivity contribution in [3.05, 3.63) is 106 Å². The maximum Gasteiger partial charge on any atom is 0.256 e. The summed E-state index contributed by atoms with van der Waals surface area (Å²) >= 11 is 6.45. The predicted octanol–water partition coefficient (Wildman–Crippen LogP) is 6.20. The topological polar surface area (TPSA) is 72.7 Å². The Labute approximate surface area is 206 Å². The predicted molar refractivity (Wildman–Crippen MR) is 135 cm³/mol. The summed E-state index contributed by atoms with van der Waals surface area (Å²) in [6, 6.07) is 17.1. The number of anilines is 1. The van der Waals surface area contributed by atoms with E-state index in [0.29, 0.717) is 45.1 Å². The van der Waals surface area contributed by atoms with Gasteiger partial charge in [0.2, 0.25) is 0 Å². The Hall–Kier alpha value is -4.10. The van der Waals surface area contributed by atoms with E-state index in [1.807, 2.05) is 32.0 Å². The number of aromatic nitrogens is 4. The number of amides is 1. The van der Waals surface area contributed by atoms with Crippen LogP contribution in [0.2, 0.25) is 5.02 Å². The van der Waals surface area contributed by atoms with Crippen molar-refractivity contribution in [3.8, 4) is 11.3 Å². The van der Waals surface area contributed by atoms with E-state index in [1.54, 1.807) is 47.4 Å². The number of halogens is 2. The number of nitrogens with zero attached hydrogens (tertiary/aromatic N) is 4. The van der Waals surface area contributed by atoms with Crippen LogP contribution in [0, 0.1) is 19.7 Å². The van der Waals surface area contributed by atoms with Crippen LogP contribution in [0.3, 0.4) is 0 Å². The molecule has 0 bridgehead atoms. The highest BCUT2D eigenvalue weighted by Crippen LogP contribution is 2.30. The number of hydrogen-bond acceptors (Lipinski definition) is 4. The van der Waals surface area contributed by atoms with Crippen LogP contribution < -0.4 is 5.32 Å². The van der Waals surface area contributed by atoms with E-state index in [4.69, 9.17) is 16.6 Å². The molecular formula is C27H21ClFN5O. The molecule has 174 valence electrons. The molecule has 1 N–H and O–H groups in total. The fraction of sp³-hybridized carbons (Fsp3) is 0.111. The standard InChI is InChI=1S/C27H21ClFN5O/c1-16-25(17(2)34(33-16)15-18-8-10-20(29)11-9-18)32-27(35)22-13-24(19-5-4-12-30-14-19)31-26-21(22)6-3-7-23(26)28/h3-14H,15H2,1-2H3,(H,32,35). The highest BCUT2D eigenvalue weighted by atomic mass is 35.5. The highest BCUT2D eigenvalue weighted by Gasteiger charge is 2.19. The van der Waals surface area contributed by atoms with Crippen molar-refractivity contribution in [2.75, 3.05) is 5.32 Å². The molecule has 0 aliphatic carbocycles. The fourth-order valence-electron chi connectivity index (χ4n) is 4.04. The number of fused-ring (bicyclic) bond motifs is 1. The summed E-state index contributed by atoms with van der Waals surface area (Å²) < 4.78 is 15.1. The first kappa shape index (κ1) is 22.7. The second-order valence-corrected chi connectivity index (χ2v) is 8.62. The van der Waals surface area contributed by atoms with Gasteiger partial charge in [0.05, 0.1) is 45.4 Å². The number of rotatable bonds is 5. The molecule has 2 aromatic carbocycles. The van der Waals surface area contributed by atoms with Crippen molar-refractivity contribution < 1.29 is 9.18 Å². The van der Waals surface area contributed by atoms with Gasteiger partial charge in [0, 0.05) is 23.3 Å². The molecule has 0 saturated heterocycles. The van der Waals surface area contributed by atoms with Gasteiger partial charge >= 0.3 is 0 Å². The summed E-state index contributed by atoms with van der Waals surface area (Å²) in [6.07, 6.45) is 3.38. The third kappa shape index (κ3) is 4.50. The largest absolute Gasteiger partial charge is 0.319 e. The van der Waals surface area contributed by atoms with Crippen molar-refractivity contribution in [3.63, 3.8) is 0 Å². The van der Waals surface area contributed by atoms with E-state index < -0.39 is 0 Å². The van der Waals surface area contributed by atoms with Gasteiger partial charge in [0.15, 0.2) is 0 Å². The summed E-state index contributed by atoms with van der Waals surface area (Å²) in [5.41, 5.74) is 5.39. The quantitative estimate of drug-likeness (QED) is 0.321. The van der Waals surface area contributed by atoms with Crippen LogP contribution in [-0.2, 0) is 6.54 Å². The van der Waals surface area contributed by atoms with Crippen LogP contribution in [0.15, 0.2) is 73.1 Å². The third-order valence-electron chi connectivity index (χ3n) is 5.86. The summed E-state index contributed by atoms with van der Waals surface area (Å²) in [4.78, 5) is 22.4. The molecule has 0 radical (unpaired) electrons. The van der Waals surface area contributed by atoms with E-state index >= 15 is 0 Å². The first-order valence-corrected chi connectivity index (χ1v) is 11.4. The van der Waals surface area contributed by atoms with E-state index in [2.05, 4.69) is 15.4 Å². The van der Waals surface area contributed by atoms with Crippen molar-refractivity contribution >= 4 is 34.1 Å². The molecule has 1 amide bonds. The first-order chi connectivity index (χ1) is 16.9. The Kier molecular flexibility index (Phi) is 6.01. The SMILES string of the molecule is Cc1nn(Cc2ccc(F)cc2)c(C)c1NC(=O)c1cc(-c2cccnc2)nc2c(Cl)cccc12. The molecule has 5 rings (SSSR count). The average Bonchev–Trinajstić information content (AvgIpc) is 3.13. The van der Waals surface area contributed by atoms with Crippen LogP contribution >= 0.6 is 11.6 Å². The third-order valence-corrected chi connectivity index (χ3v) is 6.16. The Bertz CT molecular complexity index is 1550. The zero-order chi connectivity index (χ0) is 24.5. The minimum atomic E-state index is -0.294. The summed E-state index contributed by atoms with van der Waals surface area (Å²) in [5, 5.41) is 8.72. The highest BCUT2D eigenvalue weighted by molar-refractivity contribution is 6.35. The first-order valence-electron chi connectivity index (χ1n) is 11.0. The number of aryl methyl sites for hydroxylation is 1. The number of benzene rings is 2. The lowest BCUT2D eigenvalue weighted by atomic mass is 10.0.